The van der Waals surface area contributed by atoms with Gasteiger partial charge in [-0.05, 0) is 31.2 Å². The minimum Gasteiger partial charge on any atom is -0.495 e. The smallest absolute Gasteiger partial charge is 0.248 e. The summed E-state index contributed by atoms with van der Waals surface area (Å²) in [7, 11) is 1.51. The first-order valence-electron chi connectivity index (χ1n) is 6.85. The topological polar surface area (TPSA) is 80.3 Å². The van der Waals surface area contributed by atoms with Crippen molar-refractivity contribution in [2.24, 2.45) is 0 Å². The number of anilines is 2. The van der Waals surface area contributed by atoms with Crippen LogP contribution in [-0.2, 0) is 9.59 Å². The minimum atomic E-state index is -0.311. The summed E-state index contributed by atoms with van der Waals surface area (Å²) in [6.45, 7) is 3.32. The van der Waals surface area contributed by atoms with E-state index in [0.717, 1.165) is 10.7 Å². The van der Waals surface area contributed by atoms with Crippen LogP contribution in [0.25, 0.3) is 6.08 Å². The monoisotopic (exact) mass is 331 g/mol. The van der Waals surface area contributed by atoms with E-state index in [1.165, 1.54) is 31.4 Å². The lowest BCUT2D eigenvalue weighted by Gasteiger charge is -2.11. The number of methoxy groups -OCH3 is 1. The number of hydrogen-bond acceptors (Lipinski definition) is 5. The number of aromatic nitrogens is 1. The minimum absolute atomic E-state index is 0.189. The zero-order valence-corrected chi connectivity index (χ0v) is 13.9. The number of nitrogens with one attached hydrogen (secondary N) is 2. The quantitative estimate of drug-likeness (QED) is 0.825. The summed E-state index contributed by atoms with van der Waals surface area (Å²) in [6, 6.07) is 5.01. The molecule has 23 heavy (non-hydrogen) atoms. The number of thiazole rings is 1. The first-order valence-corrected chi connectivity index (χ1v) is 7.72. The Labute approximate surface area is 138 Å². The SMILES string of the molecule is COc1ccc(NC(C)=O)cc1NC(=O)/C=C/c1csc(C)n1. The van der Waals surface area contributed by atoms with Crippen LogP contribution in [0.15, 0.2) is 29.7 Å². The van der Waals surface area contributed by atoms with E-state index in [4.69, 9.17) is 4.74 Å². The van der Waals surface area contributed by atoms with E-state index in [1.54, 1.807) is 24.3 Å². The van der Waals surface area contributed by atoms with Gasteiger partial charge in [-0.15, -0.1) is 11.3 Å². The van der Waals surface area contributed by atoms with Gasteiger partial charge in [-0.2, -0.15) is 0 Å². The van der Waals surface area contributed by atoms with Crippen LogP contribution in [0.3, 0.4) is 0 Å². The Bertz CT molecular complexity index is 753. The van der Waals surface area contributed by atoms with Crippen molar-refractivity contribution in [2.45, 2.75) is 13.8 Å². The van der Waals surface area contributed by atoms with Crippen LogP contribution >= 0.6 is 11.3 Å². The van der Waals surface area contributed by atoms with Gasteiger partial charge in [0.2, 0.25) is 11.8 Å². The largest absolute Gasteiger partial charge is 0.495 e. The van der Waals surface area contributed by atoms with Crippen LogP contribution in [0.5, 0.6) is 5.75 Å². The van der Waals surface area contributed by atoms with Crippen LogP contribution in [0, 0.1) is 6.92 Å². The Balaban J connectivity index is 2.12. The Morgan fingerprint density at radius 1 is 1.30 bits per heavy atom. The molecule has 1 aromatic carbocycles. The Hall–Kier alpha value is -2.67. The fourth-order valence-electron chi connectivity index (χ4n) is 1.88. The molecule has 0 spiro atoms. The lowest BCUT2D eigenvalue weighted by molar-refractivity contribution is -0.114. The van der Waals surface area contributed by atoms with Crippen molar-refractivity contribution < 1.29 is 14.3 Å². The lowest BCUT2D eigenvalue weighted by atomic mass is 10.2. The molecule has 2 aromatic rings. The highest BCUT2D eigenvalue weighted by atomic mass is 32.1. The number of rotatable bonds is 5. The van der Waals surface area contributed by atoms with Crippen LogP contribution in [-0.4, -0.2) is 23.9 Å². The van der Waals surface area contributed by atoms with Crippen molar-refractivity contribution in [1.82, 2.24) is 4.98 Å². The molecule has 0 atom stereocenters. The van der Waals surface area contributed by atoms with E-state index < -0.39 is 0 Å². The van der Waals surface area contributed by atoms with Gasteiger partial charge in [0.1, 0.15) is 5.75 Å². The van der Waals surface area contributed by atoms with Crippen molar-refractivity contribution in [3.05, 3.63) is 40.4 Å². The molecule has 6 nitrogen and oxygen atoms in total. The zero-order chi connectivity index (χ0) is 16.8. The standard InChI is InChI=1S/C16H17N3O3S/c1-10(20)17-12-4-6-15(22-3)14(8-12)19-16(21)7-5-13-9-23-11(2)18-13/h4-9H,1-3H3,(H,17,20)(H,19,21)/b7-5+. The third-order valence-electron chi connectivity index (χ3n) is 2.82. The summed E-state index contributed by atoms with van der Waals surface area (Å²) in [4.78, 5) is 27.4. The van der Waals surface area contributed by atoms with Gasteiger partial charge in [-0.25, -0.2) is 4.98 Å². The number of ether oxygens (including phenoxy) is 1. The molecule has 7 heteroatoms. The molecule has 0 saturated heterocycles. The second-order valence-electron chi connectivity index (χ2n) is 4.71. The van der Waals surface area contributed by atoms with E-state index in [2.05, 4.69) is 15.6 Å². The number of carbonyl (C=O) groups excluding carboxylic acids is 2. The molecule has 0 bridgehead atoms. The van der Waals surface area contributed by atoms with Crippen LogP contribution in [0.4, 0.5) is 11.4 Å². The summed E-state index contributed by atoms with van der Waals surface area (Å²) in [6.07, 6.45) is 3.04. The molecule has 0 fully saturated rings. The first kappa shape index (κ1) is 16.7. The van der Waals surface area contributed by atoms with Gasteiger partial charge in [0.15, 0.2) is 0 Å². The van der Waals surface area contributed by atoms with Gasteiger partial charge in [-0.3, -0.25) is 9.59 Å². The predicted molar refractivity (Wildman–Crippen MR) is 91.8 cm³/mol. The second-order valence-corrected chi connectivity index (χ2v) is 5.77. The molecule has 1 aromatic heterocycles. The third-order valence-corrected chi connectivity index (χ3v) is 3.61. The molecular formula is C16H17N3O3S. The third kappa shape index (κ3) is 4.93. The molecule has 0 saturated carbocycles. The molecule has 0 unspecified atom stereocenters. The highest BCUT2D eigenvalue weighted by molar-refractivity contribution is 7.09. The summed E-state index contributed by atoms with van der Waals surface area (Å²) in [5.74, 6) is 0.00511. The molecule has 0 aliphatic rings. The number of benzene rings is 1. The molecular weight excluding hydrogens is 314 g/mol. The zero-order valence-electron chi connectivity index (χ0n) is 13.0. The number of hydrogen-bond donors (Lipinski definition) is 2. The van der Waals surface area contributed by atoms with E-state index in [1.807, 2.05) is 12.3 Å². The predicted octanol–water partition coefficient (Wildman–Crippen LogP) is 3.07. The second kappa shape index (κ2) is 7.55. The van der Waals surface area contributed by atoms with Crippen LogP contribution in [0.1, 0.15) is 17.6 Å². The molecule has 0 radical (unpaired) electrons. The maximum atomic E-state index is 12.0. The number of carbonyl (C=O) groups is 2. The molecule has 2 amide bonds. The van der Waals surface area contributed by atoms with E-state index in [-0.39, 0.29) is 11.8 Å². The molecule has 120 valence electrons. The van der Waals surface area contributed by atoms with Crippen LogP contribution in [0.2, 0.25) is 0 Å². The van der Waals surface area contributed by atoms with E-state index in [0.29, 0.717) is 17.1 Å². The normalized spacial score (nSPS) is 10.6. The number of nitrogens with zero attached hydrogens (tertiary/aromatic N) is 1. The van der Waals surface area contributed by atoms with Crippen molar-refractivity contribution >= 4 is 40.6 Å². The molecule has 1 heterocycles. The van der Waals surface area contributed by atoms with Gasteiger partial charge >= 0.3 is 0 Å². The molecule has 2 rings (SSSR count). The Morgan fingerprint density at radius 3 is 2.70 bits per heavy atom. The summed E-state index contributed by atoms with van der Waals surface area (Å²) < 4.78 is 5.21. The summed E-state index contributed by atoms with van der Waals surface area (Å²) >= 11 is 1.52. The lowest BCUT2D eigenvalue weighted by Crippen LogP contribution is -2.10. The van der Waals surface area contributed by atoms with E-state index >= 15 is 0 Å². The van der Waals surface area contributed by atoms with Gasteiger partial charge in [0, 0.05) is 24.1 Å². The average molecular weight is 331 g/mol. The summed E-state index contributed by atoms with van der Waals surface area (Å²) in [5, 5.41) is 8.20. The van der Waals surface area contributed by atoms with E-state index in [9.17, 15) is 9.59 Å². The van der Waals surface area contributed by atoms with Crippen molar-refractivity contribution in [3.63, 3.8) is 0 Å². The molecule has 0 aliphatic heterocycles. The van der Waals surface area contributed by atoms with Gasteiger partial charge < -0.3 is 15.4 Å². The van der Waals surface area contributed by atoms with Crippen LogP contribution < -0.4 is 15.4 Å². The molecule has 2 N–H and O–H groups in total. The Kier molecular flexibility index (Phi) is 5.48. The van der Waals surface area contributed by atoms with Gasteiger partial charge in [-0.1, -0.05) is 0 Å². The fourth-order valence-corrected chi connectivity index (χ4v) is 2.46. The Morgan fingerprint density at radius 2 is 2.09 bits per heavy atom. The number of aryl methyl sites for hydroxylation is 1. The highest BCUT2D eigenvalue weighted by Crippen LogP contribution is 2.27. The van der Waals surface area contributed by atoms with Gasteiger partial charge in [0.05, 0.1) is 23.5 Å². The highest BCUT2D eigenvalue weighted by Gasteiger charge is 2.08. The average Bonchev–Trinajstić information content (AvgIpc) is 2.90. The summed E-state index contributed by atoms with van der Waals surface area (Å²) in [5.41, 5.74) is 1.79. The molecule has 0 aliphatic carbocycles. The van der Waals surface area contributed by atoms with Crippen molar-refractivity contribution in [3.8, 4) is 5.75 Å². The van der Waals surface area contributed by atoms with Gasteiger partial charge in [0.25, 0.3) is 0 Å². The van der Waals surface area contributed by atoms with Crippen molar-refractivity contribution in [1.29, 1.82) is 0 Å². The maximum absolute atomic E-state index is 12.0. The fraction of sp³-hybridized carbons (Fsp3) is 0.188. The maximum Gasteiger partial charge on any atom is 0.248 e. The number of amides is 2. The van der Waals surface area contributed by atoms with Crippen molar-refractivity contribution in [2.75, 3.05) is 17.7 Å². The first-order chi connectivity index (χ1) is 11.0.